The van der Waals surface area contributed by atoms with Crippen molar-refractivity contribution in [3.63, 3.8) is 0 Å². The summed E-state index contributed by atoms with van der Waals surface area (Å²) in [4.78, 5) is 34.2. The van der Waals surface area contributed by atoms with E-state index in [2.05, 4.69) is 9.97 Å². The fourth-order valence-electron chi connectivity index (χ4n) is 2.46. The average molecular weight is 452 g/mol. The minimum atomic E-state index is -0.722. The summed E-state index contributed by atoms with van der Waals surface area (Å²) in [6, 6.07) is 10.1. The van der Waals surface area contributed by atoms with Crippen LogP contribution in [0.4, 0.5) is 10.8 Å². The number of anilines is 2. The Hall–Kier alpha value is -2.68. The summed E-state index contributed by atoms with van der Waals surface area (Å²) < 4.78 is 10.6. The first-order valence-corrected chi connectivity index (χ1v) is 9.91. The highest BCUT2D eigenvalue weighted by molar-refractivity contribution is 7.14. The lowest BCUT2D eigenvalue weighted by atomic mass is 10.2. The predicted octanol–water partition coefficient (Wildman–Crippen LogP) is 4.90. The van der Waals surface area contributed by atoms with Gasteiger partial charge in [0.05, 0.1) is 23.5 Å². The molecular formula is C19H15Cl2N3O4S. The number of aromatic nitrogens is 2. The third kappa shape index (κ3) is 4.84. The summed E-state index contributed by atoms with van der Waals surface area (Å²) in [5.41, 5.74) is 0.960. The lowest BCUT2D eigenvalue weighted by molar-refractivity contribution is -0.115. The van der Waals surface area contributed by atoms with Gasteiger partial charge >= 0.3 is 5.97 Å². The number of esters is 1. The number of carbonyl (C=O) groups is 2. The van der Waals surface area contributed by atoms with Gasteiger partial charge in [-0.25, -0.2) is 14.8 Å². The molecule has 0 fully saturated rings. The number of thiazole rings is 1. The van der Waals surface area contributed by atoms with Crippen molar-refractivity contribution >= 4 is 57.2 Å². The van der Waals surface area contributed by atoms with Crippen molar-refractivity contribution in [1.29, 1.82) is 0 Å². The van der Waals surface area contributed by atoms with E-state index in [4.69, 9.17) is 32.7 Å². The number of nitrogens with zero attached hydrogens (tertiary/aromatic N) is 3. The molecule has 150 valence electrons. The molecule has 2 heterocycles. The zero-order valence-electron chi connectivity index (χ0n) is 15.4. The van der Waals surface area contributed by atoms with Crippen molar-refractivity contribution in [1.82, 2.24) is 9.97 Å². The molecule has 0 aliphatic rings. The van der Waals surface area contributed by atoms with Gasteiger partial charge in [0.15, 0.2) is 10.8 Å². The molecule has 3 rings (SSSR count). The van der Waals surface area contributed by atoms with Gasteiger partial charge in [-0.05, 0) is 24.3 Å². The molecule has 1 aromatic carbocycles. The maximum atomic E-state index is 12.3. The summed E-state index contributed by atoms with van der Waals surface area (Å²) in [6.45, 7) is 1.32. The predicted molar refractivity (Wildman–Crippen MR) is 111 cm³/mol. The van der Waals surface area contributed by atoms with Crippen LogP contribution in [-0.2, 0) is 16.1 Å². The highest BCUT2D eigenvalue weighted by Crippen LogP contribution is 2.35. The molecule has 0 bridgehead atoms. The van der Waals surface area contributed by atoms with Crippen molar-refractivity contribution in [2.45, 2.75) is 13.5 Å². The van der Waals surface area contributed by atoms with Crippen LogP contribution in [0.3, 0.4) is 0 Å². The van der Waals surface area contributed by atoms with E-state index in [1.165, 1.54) is 42.4 Å². The SMILES string of the molecule is COc1ccccc1N(C(C)=O)c1nc(COC(=O)c2nc(Cl)ccc2Cl)cs1. The highest BCUT2D eigenvalue weighted by atomic mass is 35.5. The molecule has 0 atom stereocenters. The Kier molecular flexibility index (Phi) is 6.68. The molecule has 0 aliphatic carbocycles. The van der Waals surface area contributed by atoms with Crippen LogP contribution in [0.5, 0.6) is 5.75 Å². The van der Waals surface area contributed by atoms with E-state index in [0.717, 1.165) is 0 Å². The van der Waals surface area contributed by atoms with Gasteiger partial charge < -0.3 is 9.47 Å². The number of para-hydroxylation sites is 2. The quantitative estimate of drug-likeness (QED) is 0.391. The monoisotopic (exact) mass is 451 g/mol. The molecule has 7 nitrogen and oxygen atoms in total. The summed E-state index contributed by atoms with van der Waals surface area (Å²) in [5, 5.41) is 2.39. The van der Waals surface area contributed by atoms with Gasteiger partial charge in [-0.1, -0.05) is 35.3 Å². The Morgan fingerprint density at radius 2 is 1.90 bits per heavy atom. The lowest BCUT2D eigenvalue weighted by Gasteiger charge is -2.20. The zero-order valence-corrected chi connectivity index (χ0v) is 17.7. The van der Waals surface area contributed by atoms with E-state index in [1.807, 2.05) is 6.07 Å². The maximum absolute atomic E-state index is 12.3. The number of pyridine rings is 1. The molecule has 1 amide bonds. The van der Waals surface area contributed by atoms with Gasteiger partial charge in [0, 0.05) is 12.3 Å². The lowest BCUT2D eigenvalue weighted by Crippen LogP contribution is -2.23. The second-order valence-corrected chi connectivity index (χ2v) is 7.32. The van der Waals surface area contributed by atoms with E-state index < -0.39 is 5.97 Å². The summed E-state index contributed by atoms with van der Waals surface area (Å²) in [6.07, 6.45) is 0. The average Bonchev–Trinajstić information content (AvgIpc) is 3.16. The highest BCUT2D eigenvalue weighted by Gasteiger charge is 2.22. The van der Waals surface area contributed by atoms with Crippen LogP contribution in [-0.4, -0.2) is 29.0 Å². The number of halogens is 2. The van der Waals surface area contributed by atoms with Crippen LogP contribution in [0.25, 0.3) is 0 Å². The van der Waals surface area contributed by atoms with Crippen LogP contribution >= 0.6 is 34.5 Å². The fraction of sp³-hybridized carbons (Fsp3) is 0.158. The van der Waals surface area contributed by atoms with E-state index in [-0.39, 0.29) is 28.4 Å². The van der Waals surface area contributed by atoms with Crippen molar-refractivity contribution in [2.75, 3.05) is 12.0 Å². The Balaban J connectivity index is 1.78. The number of carbonyl (C=O) groups excluding carboxylic acids is 2. The van der Waals surface area contributed by atoms with Gasteiger partial charge in [0.1, 0.15) is 17.5 Å². The van der Waals surface area contributed by atoms with Crippen LogP contribution in [0.2, 0.25) is 10.2 Å². The minimum absolute atomic E-state index is 0.0750. The first-order valence-electron chi connectivity index (χ1n) is 8.28. The smallest absolute Gasteiger partial charge is 0.358 e. The molecule has 0 N–H and O–H groups in total. The van der Waals surface area contributed by atoms with Crippen molar-refractivity contribution in [3.8, 4) is 5.75 Å². The van der Waals surface area contributed by atoms with E-state index in [9.17, 15) is 9.59 Å². The van der Waals surface area contributed by atoms with Gasteiger partial charge in [0.25, 0.3) is 0 Å². The number of methoxy groups -OCH3 is 1. The first-order chi connectivity index (χ1) is 13.9. The van der Waals surface area contributed by atoms with Gasteiger partial charge in [0.2, 0.25) is 5.91 Å². The second-order valence-electron chi connectivity index (χ2n) is 5.69. The largest absolute Gasteiger partial charge is 0.495 e. The number of amides is 1. The number of ether oxygens (including phenoxy) is 2. The molecule has 10 heteroatoms. The normalized spacial score (nSPS) is 10.5. The number of hydrogen-bond donors (Lipinski definition) is 0. The van der Waals surface area contributed by atoms with Crippen LogP contribution in [0.15, 0.2) is 41.8 Å². The third-order valence-corrected chi connectivity index (χ3v) is 5.12. The zero-order chi connectivity index (χ0) is 21.0. The standard InChI is InChI=1S/C19H15Cl2N3O4S/c1-11(25)24(14-5-3-4-6-15(14)27-2)19-22-12(10-29-19)9-28-18(26)17-13(20)7-8-16(21)23-17/h3-8,10H,9H2,1-2H3. The molecular weight excluding hydrogens is 437 g/mol. The van der Waals surface area contributed by atoms with Crippen LogP contribution in [0, 0.1) is 0 Å². The summed E-state index contributed by atoms with van der Waals surface area (Å²) in [7, 11) is 1.53. The number of hydrogen-bond acceptors (Lipinski definition) is 7. The third-order valence-electron chi connectivity index (χ3n) is 3.73. The first kappa shape index (κ1) is 21.0. The van der Waals surface area contributed by atoms with E-state index >= 15 is 0 Å². The molecule has 0 unspecified atom stereocenters. The molecule has 0 saturated heterocycles. The van der Waals surface area contributed by atoms with Crippen molar-refractivity contribution in [2.24, 2.45) is 0 Å². The van der Waals surface area contributed by atoms with Gasteiger partial charge in [-0.3, -0.25) is 9.69 Å². The number of benzene rings is 1. The molecule has 29 heavy (non-hydrogen) atoms. The molecule has 0 radical (unpaired) electrons. The Morgan fingerprint density at radius 3 is 2.62 bits per heavy atom. The summed E-state index contributed by atoms with van der Waals surface area (Å²) >= 11 is 13.0. The van der Waals surface area contributed by atoms with Crippen LogP contribution in [0.1, 0.15) is 23.1 Å². The Morgan fingerprint density at radius 1 is 1.14 bits per heavy atom. The van der Waals surface area contributed by atoms with E-state index in [1.54, 1.807) is 23.6 Å². The van der Waals surface area contributed by atoms with Gasteiger partial charge in [-0.15, -0.1) is 11.3 Å². The molecule has 0 aliphatic heterocycles. The Labute approximate surface area is 180 Å². The minimum Gasteiger partial charge on any atom is -0.495 e. The van der Waals surface area contributed by atoms with Gasteiger partial charge in [-0.2, -0.15) is 0 Å². The topological polar surface area (TPSA) is 81.6 Å². The van der Waals surface area contributed by atoms with Crippen molar-refractivity contribution < 1.29 is 19.1 Å². The molecule has 0 saturated carbocycles. The van der Waals surface area contributed by atoms with Crippen LogP contribution < -0.4 is 9.64 Å². The van der Waals surface area contributed by atoms with E-state index in [0.29, 0.717) is 22.3 Å². The molecule has 3 aromatic rings. The van der Waals surface area contributed by atoms with Crippen molar-refractivity contribution in [3.05, 3.63) is 63.3 Å². The Bertz CT molecular complexity index is 1060. The number of rotatable bonds is 6. The second kappa shape index (κ2) is 9.21. The maximum Gasteiger partial charge on any atom is 0.358 e. The molecule has 0 spiro atoms. The summed E-state index contributed by atoms with van der Waals surface area (Å²) in [5.74, 6) is -0.421. The fourth-order valence-corrected chi connectivity index (χ4v) is 3.65. The molecule has 2 aromatic heterocycles.